The Hall–Kier alpha value is -6.94. The van der Waals surface area contributed by atoms with E-state index >= 15 is 0 Å². The molecule has 0 aliphatic carbocycles. The molecule has 0 fully saturated rings. The molecule has 0 N–H and O–H groups in total. The maximum Gasteiger partial charge on any atom is 0.135 e. The molecule has 11 rings (SSSR count). The number of hydrogen-bond donors (Lipinski definition) is 0. The lowest BCUT2D eigenvalue weighted by Gasteiger charge is -2.29. The molecule has 0 aliphatic rings. The van der Waals surface area contributed by atoms with Crippen LogP contribution in [0.5, 0.6) is 0 Å². The SMILES string of the molecule is c1ccc(-c2ccc(-c3ccc4ccccc4c3)cc2N(c2cccc(-c3ccc4oc5ccccc5c4c3)c2)c2ccc3c(c2)sc2ccccc23)cc1. The first-order valence-electron chi connectivity index (χ1n) is 18.7. The molecule has 9 aromatic carbocycles. The van der Waals surface area contributed by atoms with E-state index in [0.717, 1.165) is 50.1 Å². The van der Waals surface area contributed by atoms with E-state index in [4.69, 9.17) is 4.42 Å². The molecular formula is C52H33NOS. The number of para-hydroxylation sites is 1. The molecule has 3 heteroatoms. The highest BCUT2D eigenvalue weighted by Crippen LogP contribution is 2.46. The minimum absolute atomic E-state index is 0.900. The van der Waals surface area contributed by atoms with Crippen LogP contribution < -0.4 is 4.90 Å². The van der Waals surface area contributed by atoms with Crippen molar-refractivity contribution in [2.45, 2.75) is 0 Å². The van der Waals surface area contributed by atoms with Gasteiger partial charge in [-0.25, -0.2) is 0 Å². The first kappa shape index (κ1) is 31.6. The molecule has 0 saturated heterocycles. The molecule has 2 heterocycles. The van der Waals surface area contributed by atoms with E-state index in [0.29, 0.717) is 0 Å². The van der Waals surface area contributed by atoms with Crippen LogP contribution in [-0.2, 0) is 0 Å². The van der Waals surface area contributed by atoms with Crippen LogP contribution in [0, 0.1) is 0 Å². The van der Waals surface area contributed by atoms with E-state index in [-0.39, 0.29) is 0 Å². The molecule has 0 bridgehead atoms. The molecule has 2 aromatic heterocycles. The van der Waals surface area contributed by atoms with Gasteiger partial charge in [0.1, 0.15) is 11.2 Å². The number of rotatable bonds is 6. The summed E-state index contributed by atoms with van der Waals surface area (Å²) < 4.78 is 8.76. The minimum Gasteiger partial charge on any atom is -0.456 e. The zero-order valence-electron chi connectivity index (χ0n) is 29.8. The first-order chi connectivity index (χ1) is 27.2. The van der Waals surface area contributed by atoms with Crippen LogP contribution in [0.15, 0.2) is 205 Å². The van der Waals surface area contributed by atoms with Gasteiger partial charge in [-0.05, 0) is 99.3 Å². The van der Waals surface area contributed by atoms with Crippen molar-refractivity contribution >= 4 is 81.3 Å². The van der Waals surface area contributed by atoms with Gasteiger partial charge in [0, 0.05) is 47.9 Å². The Balaban J connectivity index is 1.14. The second-order valence-corrected chi connectivity index (χ2v) is 15.2. The maximum atomic E-state index is 6.20. The third-order valence-corrected chi connectivity index (χ3v) is 12.0. The molecule has 0 saturated carbocycles. The van der Waals surface area contributed by atoms with Crippen molar-refractivity contribution in [1.29, 1.82) is 0 Å². The van der Waals surface area contributed by atoms with Crippen molar-refractivity contribution in [3.05, 3.63) is 200 Å². The molecule has 0 aliphatic heterocycles. The summed E-state index contributed by atoms with van der Waals surface area (Å²) in [6, 6.07) is 72.5. The third kappa shape index (κ3) is 5.48. The second kappa shape index (κ2) is 12.9. The van der Waals surface area contributed by atoms with E-state index in [1.807, 2.05) is 23.5 Å². The van der Waals surface area contributed by atoms with Gasteiger partial charge < -0.3 is 9.32 Å². The highest BCUT2D eigenvalue weighted by molar-refractivity contribution is 7.25. The largest absolute Gasteiger partial charge is 0.456 e. The summed E-state index contributed by atoms with van der Waals surface area (Å²) >= 11 is 1.85. The number of fused-ring (bicyclic) bond motifs is 7. The molecule has 2 nitrogen and oxygen atoms in total. The van der Waals surface area contributed by atoms with Gasteiger partial charge in [-0.3, -0.25) is 0 Å². The number of benzene rings is 9. The quantitative estimate of drug-likeness (QED) is 0.170. The fourth-order valence-corrected chi connectivity index (χ4v) is 9.28. The number of hydrogen-bond acceptors (Lipinski definition) is 3. The zero-order chi connectivity index (χ0) is 36.3. The third-order valence-electron chi connectivity index (χ3n) is 10.8. The predicted molar refractivity (Wildman–Crippen MR) is 235 cm³/mol. The number of nitrogens with zero attached hydrogens (tertiary/aromatic N) is 1. The van der Waals surface area contributed by atoms with Crippen molar-refractivity contribution in [3.8, 4) is 33.4 Å². The maximum absolute atomic E-state index is 6.20. The van der Waals surface area contributed by atoms with Crippen molar-refractivity contribution in [2.75, 3.05) is 4.90 Å². The average Bonchev–Trinajstić information content (AvgIpc) is 3.82. The van der Waals surface area contributed by atoms with Crippen molar-refractivity contribution in [2.24, 2.45) is 0 Å². The Morgan fingerprint density at radius 3 is 1.93 bits per heavy atom. The highest BCUT2D eigenvalue weighted by Gasteiger charge is 2.21. The molecule has 0 spiro atoms. The summed E-state index contributed by atoms with van der Waals surface area (Å²) in [5.41, 5.74) is 12.1. The Kier molecular flexibility index (Phi) is 7.39. The smallest absolute Gasteiger partial charge is 0.135 e. The Labute approximate surface area is 322 Å². The lowest BCUT2D eigenvalue weighted by atomic mass is 9.95. The zero-order valence-corrected chi connectivity index (χ0v) is 30.6. The van der Waals surface area contributed by atoms with Crippen LogP contribution in [0.1, 0.15) is 0 Å². The summed E-state index contributed by atoms with van der Waals surface area (Å²) in [5.74, 6) is 0. The van der Waals surface area contributed by atoms with Crippen LogP contribution in [0.2, 0.25) is 0 Å². The molecule has 0 unspecified atom stereocenters. The van der Waals surface area contributed by atoms with Gasteiger partial charge in [-0.1, -0.05) is 140 Å². The summed E-state index contributed by atoms with van der Waals surface area (Å²) in [5, 5.41) is 7.31. The van der Waals surface area contributed by atoms with Gasteiger partial charge >= 0.3 is 0 Å². The van der Waals surface area contributed by atoms with Gasteiger partial charge in [0.25, 0.3) is 0 Å². The number of thiophene rings is 1. The lowest BCUT2D eigenvalue weighted by Crippen LogP contribution is -2.11. The topological polar surface area (TPSA) is 16.4 Å². The van der Waals surface area contributed by atoms with Crippen molar-refractivity contribution in [3.63, 3.8) is 0 Å². The van der Waals surface area contributed by atoms with Crippen molar-refractivity contribution < 1.29 is 4.42 Å². The highest BCUT2D eigenvalue weighted by atomic mass is 32.1. The monoisotopic (exact) mass is 719 g/mol. The van der Waals surface area contributed by atoms with Crippen LogP contribution in [0.25, 0.3) is 86.3 Å². The summed E-state index contributed by atoms with van der Waals surface area (Å²) in [7, 11) is 0. The molecule has 0 amide bonds. The van der Waals surface area contributed by atoms with Gasteiger partial charge in [0.2, 0.25) is 0 Å². The standard InChI is InChI=1S/C52H33NOS/c1-2-12-35(13-3-1)43-26-23-40(38-22-21-34-11-4-5-14-36(34)29-38)32-48(43)53(42-25-27-46-45-18-7-9-20-51(45)55-52(46)33-42)41-16-10-15-37(30-41)39-24-28-50-47(31-39)44-17-6-8-19-49(44)54-50/h1-33H. The molecular weight excluding hydrogens is 687 g/mol. The predicted octanol–water partition coefficient (Wildman–Crippen LogP) is 15.6. The number of furan rings is 1. The van der Waals surface area contributed by atoms with Crippen LogP contribution in [0.4, 0.5) is 17.1 Å². The average molecular weight is 720 g/mol. The lowest BCUT2D eigenvalue weighted by molar-refractivity contribution is 0.669. The summed E-state index contributed by atoms with van der Waals surface area (Å²) in [4.78, 5) is 2.45. The normalized spacial score (nSPS) is 11.6. The molecule has 0 atom stereocenters. The van der Waals surface area contributed by atoms with E-state index in [9.17, 15) is 0 Å². The number of anilines is 3. The van der Waals surface area contributed by atoms with Gasteiger partial charge in [0.15, 0.2) is 0 Å². The van der Waals surface area contributed by atoms with Crippen LogP contribution in [-0.4, -0.2) is 0 Å². The van der Waals surface area contributed by atoms with E-state index in [1.54, 1.807) is 0 Å². The molecule has 258 valence electrons. The first-order valence-corrected chi connectivity index (χ1v) is 19.5. The van der Waals surface area contributed by atoms with Gasteiger partial charge in [-0.2, -0.15) is 0 Å². The molecule has 0 radical (unpaired) electrons. The van der Waals surface area contributed by atoms with Crippen molar-refractivity contribution in [1.82, 2.24) is 0 Å². The fourth-order valence-electron chi connectivity index (χ4n) is 8.14. The molecule has 55 heavy (non-hydrogen) atoms. The summed E-state index contributed by atoms with van der Waals surface area (Å²) in [6.07, 6.45) is 0. The van der Waals surface area contributed by atoms with Gasteiger partial charge in [0.05, 0.1) is 5.69 Å². The molecule has 11 aromatic rings. The fraction of sp³-hybridized carbons (Fsp3) is 0. The Morgan fingerprint density at radius 2 is 1.00 bits per heavy atom. The Morgan fingerprint density at radius 1 is 0.345 bits per heavy atom. The minimum atomic E-state index is 0.900. The summed E-state index contributed by atoms with van der Waals surface area (Å²) in [6.45, 7) is 0. The van der Waals surface area contributed by atoms with E-state index in [2.05, 4.69) is 193 Å². The van der Waals surface area contributed by atoms with Crippen LogP contribution >= 0.6 is 11.3 Å². The van der Waals surface area contributed by atoms with E-state index in [1.165, 1.54) is 53.2 Å². The van der Waals surface area contributed by atoms with Crippen LogP contribution in [0.3, 0.4) is 0 Å². The van der Waals surface area contributed by atoms with Gasteiger partial charge in [-0.15, -0.1) is 11.3 Å². The van der Waals surface area contributed by atoms with E-state index < -0.39 is 0 Å². The second-order valence-electron chi connectivity index (χ2n) is 14.1. The Bertz CT molecular complexity index is 3230.